The number of fused-ring (bicyclic) bond motifs is 1. The average molecular weight is 439 g/mol. The number of amides is 1. The van der Waals surface area contributed by atoms with Crippen LogP contribution < -0.4 is 10.5 Å². The molecule has 0 unspecified atom stereocenters. The van der Waals surface area contributed by atoms with Crippen molar-refractivity contribution in [2.45, 2.75) is 37.9 Å². The van der Waals surface area contributed by atoms with Crippen LogP contribution in [-0.2, 0) is 11.3 Å². The minimum atomic E-state index is -0.220. The summed E-state index contributed by atoms with van der Waals surface area (Å²) in [6.45, 7) is 9.87. The van der Waals surface area contributed by atoms with Crippen molar-refractivity contribution in [2.75, 3.05) is 17.7 Å². The predicted octanol–water partition coefficient (Wildman–Crippen LogP) is 3.59. The number of unbranched alkanes of at least 4 members (excludes halogenated alkanes) is 2. The first-order valence-electron chi connectivity index (χ1n) is 10.0. The Labute approximate surface area is 185 Å². The molecule has 31 heavy (non-hydrogen) atoms. The SMILES string of the molecule is C=CCCCCN(C(C)=O)c1cccc(-n2c3nc(SC)ncc3c(=O)n2CC=C)n1. The Kier molecular flexibility index (Phi) is 7.41. The Morgan fingerprint density at radius 1 is 1.23 bits per heavy atom. The van der Waals surface area contributed by atoms with E-state index in [-0.39, 0.29) is 18.0 Å². The number of carbonyl (C=O) groups is 1. The minimum absolute atomic E-state index is 0.0870. The number of pyridine rings is 1. The third-order valence-electron chi connectivity index (χ3n) is 4.77. The van der Waals surface area contributed by atoms with Gasteiger partial charge in [0.25, 0.3) is 5.56 Å². The topological polar surface area (TPSA) is 85.9 Å². The van der Waals surface area contributed by atoms with Crippen LogP contribution in [0.5, 0.6) is 0 Å². The molecule has 0 fully saturated rings. The first kappa shape index (κ1) is 22.5. The van der Waals surface area contributed by atoms with Gasteiger partial charge in [0.05, 0.1) is 6.54 Å². The van der Waals surface area contributed by atoms with Crippen LogP contribution in [0.4, 0.5) is 5.82 Å². The molecule has 0 saturated carbocycles. The van der Waals surface area contributed by atoms with E-state index in [2.05, 4.69) is 23.1 Å². The smallest absolute Gasteiger partial charge is 0.278 e. The summed E-state index contributed by atoms with van der Waals surface area (Å²) in [6.07, 6.45) is 9.62. The fourth-order valence-corrected chi connectivity index (χ4v) is 3.64. The van der Waals surface area contributed by atoms with Crippen LogP contribution in [0.15, 0.2) is 59.7 Å². The van der Waals surface area contributed by atoms with Crippen molar-refractivity contribution >= 4 is 34.5 Å². The highest BCUT2D eigenvalue weighted by Crippen LogP contribution is 2.20. The van der Waals surface area contributed by atoms with Gasteiger partial charge in [0.2, 0.25) is 5.91 Å². The second-order valence-corrected chi connectivity index (χ2v) is 7.66. The monoisotopic (exact) mass is 438 g/mol. The van der Waals surface area contributed by atoms with E-state index in [9.17, 15) is 9.59 Å². The van der Waals surface area contributed by atoms with Gasteiger partial charge in [-0.1, -0.05) is 30.0 Å². The lowest BCUT2D eigenvalue weighted by Crippen LogP contribution is -2.31. The Bertz CT molecular complexity index is 1170. The summed E-state index contributed by atoms with van der Waals surface area (Å²) in [5.41, 5.74) is 0.249. The molecule has 0 N–H and O–H groups in total. The summed E-state index contributed by atoms with van der Waals surface area (Å²) in [7, 11) is 0. The number of rotatable bonds is 10. The van der Waals surface area contributed by atoms with Crippen LogP contribution in [0.2, 0.25) is 0 Å². The normalized spacial score (nSPS) is 10.9. The molecule has 0 aliphatic carbocycles. The number of hydrogen-bond donors (Lipinski definition) is 0. The van der Waals surface area contributed by atoms with E-state index < -0.39 is 0 Å². The van der Waals surface area contributed by atoms with Gasteiger partial charge in [0.15, 0.2) is 16.6 Å². The Morgan fingerprint density at radius 2 is 2.03 bits per heavy atom. The van der Waals surface area contributed by atoms with Gasteiger partial charge in [-0.2, -0.15) is 0 Å². The van der Waals surface area contributed by atoms with E-state index >= 15 is 0 Å². The molecule has 3 aromatic rings. The molecule has 9 heteroatoms. The van der Waals surface area contributed by atoms with Crippen molar-refractivity contribution in [3.63, 3.8) is 0 Å². The predicted molar refractivity (Wildman–Crippen MR) is 125 cm³/mol. The number of carbonyl (C=O) groups excluding carboxylic acids is 1. The summed E-state index contributed by atoms with van der Waals surface area (Å²) in [4.78, 5) is 40.4. The molecule has 0 spiro atoms. The van der Waals surface area contributed by atoms with E-state index in [4.69, 9.17) is 4.98 Å². The lowest BCUT2D eigenvalue weighted by Gasteiger charge is -2.21. The van der Waals surface area contributed by atoms with E-state index in [1.807, 2.05) is 18.4 Å². The molecule has 162 valence electrons. The maximum absolute atomic E-state index is 12.9. The van der Waals surface area contributed by atoms with Crippen LogP contribution >= 0.6 is 11.8 Å². The molecule has 0 aromatic carbocycles. The molecule has 0 aliphatic rings. The molecule has 0 bridgehead atoms. The van der Waals surface area contributed by atoms with Gasteiger partial charge in [0, 0.05) is 19.7 Å². The molecule has 3 aromatic heterocycles. The van der Waals surface area contributed by atoms with Crippen LogP contribution in [-0.4, -0.2) is 43.0 Å². The second-order valence-electron chi connectivity index (χ2n) is 6.89. The zero-order valence-corrected chi connectivity index (χ0v) is 18.6. The van der Waals surface area contributed by atoms with Crippen LogP contribution in [0.3, 0.4) is 0 Å². The largest absolute Gasteiger partial charge is 0.297 e. The number of allylic oxidation sites excluding steroid dienone is 2. The van der Waals surface area contributed by atoms with Crippen LogP contribution in [0, 0.1) is 0 Å². The van der Waals surface area contributed by atoms with E-state index in [1.165, 1.54) is 29.6 Å². The zero-order valence-electron chi connectivity index (χ0n) is 17.8. The Hall–Kier alpha value is -3.20. The Morgan fingerprint density at radius 3 is 2.71 bits per heavy atom. The van der Waals surface area contributed by atoms with Crippen molar-refractivity contribution < 1.29 is 4.79 Å². The third kappa shape index (κ3) is 4.77. The molecule has 3 rings (SSSR count). The molecule has 0 atom stereocenters. The van der Waals surface area contributed by atoms with Gasteiger partial charge in [-0.25, -0.2) is 24.3 Å². The van der Waals surface area contributed by atoms with Gasteiger partial charge >= 0.3 is 0 Å². The quantitative estimate of drug-likeness (QED) is 0.208. The van der Waals surface area contributed by atoms with Crippen molar-refractivity contribution in [1.29, 1.82) is 0 Å². The van der Waals surface area contributed by atoms with Gasteiger partial charge in [0.1, 0.15) is 11.2 Å². The molecule has 0 saturated heterocycles. The van der Waals surface area contributed by atoms with Crippen molar-refractivity contribution in [3.05, 3.63) is 60.1 Å². The van der Waals surface area contributed by atoms with Gasteiger partial charge in [-0.15, -0.1) is 13.2 Å². The summed E-state index contributed by atoms with van der Waals surface area (Å²) in [6, 6.07) is 5.41. The lowest BCUT2D eigenvalue weighted by molar-refractivity contribution is -0.116. The highest BCUT2D eigenvalue weighted by molar-refractivity contribution is 7.98. The standard InChI is InChI=1S/C22H26N6O2S/c1-5-7-8-9-14-26(16(3)29)18-11-10-12-19(24-18)28-20-17(15-23-22(25-20)31-4)21(30)27(28)13-6-2/h5-6,10-12,15H,1-2,7-9,13-14H2,3-4H3. The first-order chi connectivity index (χ1) is 15.0. The van der Waals surface area contributed by atoms with E-state index in [1.54, 1.807) is 27.8 Å². The molecule has 8 nitrogen and oxygen atoms in total. The highest BCUT2D eigenvalue weighted by Gasteiger charge is 2.19. The van der Waals surface area contributed by atoms with E-state index in [0.717, 1.165) is 19.3 Å². The molecule has 0 radical (unpaired) electrons. The summed E-state index contributed by atoms with van der Waals surface area (Å²) in [5.74, 6) is 0.938. The molecule has 3 heterocycles. The summed E-state index contributed by atoms with van der Waals surface area (Å²) in [5, 5.41) is 0.959. The summed E-state index contributed by atoms with van der Waals surface area (Å²) < 4.78 is 3.19. The van der Waals surface area contributed by atoms with Gasteiger partial charge in [-0.05, 0) is 37.7 Å². The average Bonchev–Trinajstić information content (AvgIpc) is 3.04. The van der Waals surface area contributed by atoms with Crippen molar-refractivity contribution in [1.82, 2.24) is 24.3 Å². The lowest BCUT2D eigenvalue weighted by atomic mass is 10.2. The highest BCUT2D eigenvalue weighted by atomic mass is 32.2. The fourth-order valence-electron chi connectivity index (χ4n) is 3.30. The second kappa shape index (κ2) is 10.2. The van der Waals surface area contributed by atoms with E-state index in [0.29, 0.717) is 34.4 Å². The number of nitrogens with zero attached hydrogens (tertiary/aromatic N) is 6. The fraction of sp³-hybridized carbons (Fsp3) is 0.318. The van der Waals surface area contributed by atoms with Gasteiger partial charge < -0.3 is 0 Å². The minimum Gasteiger partial charge on any atom is -0.297 e. The maximum Gasteiger partial charge on any atom is 0.278 e. The van der Waals surface area contributed by atoms with Crippen molar-refractivity contribution in [3.8, 4) is 5.82 Å². The Balaban J connectivity index is 2.11. The number of hydrogen-bond acceptors (Lipinski definition) is 6. The van der Waals surface area contributed by atoms with Crippen LogP contribution in [0.25, 0.3) is 16.9 Å². The number of thioether (sulfide) groups is 1. The molecule has 1 amide bonds. The van der Waals surface area contributed by atoms with Crippen LogP contribution in [0.1, 0.15) is 26.2 Å². The molecule has 0 aliphatic heterocycles. The maximum atomic E-state index is 12.9. The number of anilines is 1. The van der Waals surface area contributed by atoms with Crippen molar-refractivity contribution in [2.24, 2.45) is 0 Å². The number of aromatic nitrogens is 5. The first-order valence-corrected chi connectivity index (χ1v) is 11.2. The zero-order chi connectivity index (χ0) is 22.4. The van der Waals surface area contributed by atoms with Gasteiger partial charge in [-0.3, -0.25) is 14.5 Å². The molecular formula is C22H26N6O2S. The third-order valence-corrected chi connectivity index (χ3v) is 5.33. The summed E-state index contributed by atoms with van der Waals surface area (Å²) >= 11 is 1.39. The molecular weight excluding hydrogens is 412 g/mol.